The van der Waals surface area contributed by atoms with Crippen molar-refractivity contribution in [1.29, 1.82) is 0 Å². The number of phenolic OH excluding ortho intramolecular Hbond substituents is 1. The topological polar surface area (TPSA) is 41.5 Å². The highest BCUT2D eigenvalue weighted by molar-refractivity contribution is 9.10. The summed E-state index contributed by atoms with van der Waals surface area (Å²) in [6.45, 7) is 2.70. The largest absolute Gasteiger partial charge is 0.503 e. The maximum atomic E-state index is 9.80. The van der Waals surface area contributed by atoms with Crippen molar-refractivity contribution in [3.63, 3.8) is 0 Å². The summed E-state index contributed by atoms with van der Waals surface area (Å²) in [4.78, 5) is 0. The predicted molar refractivity (Wildman–Crippen MR) is 89.1 cm³/mol. The molecule has 1 atom stereocenters. The molecule has 3 nitrogen and oxygen atoms in total. The standard InChI is InChI=1S/C16H17BrClNO2/c1-10(12-5-3-4-6-14(12)18)19-9-11-7-13(17)16(20)15(8-11)21-2/h3-8,10,19-20H,9H2,1-2H3/t10-/m1/s1. The maximum absolute atomic E-state index is 9.80. The molecule has 5 heteroatoms. The van der Waals surface area contributed by atoms with Gasteiger partial charge in [-0.1, -0.05) is 29.8 Å². The molecule has 0 aliphatic heterocycles. The molecule has 0 radical (unpaired) electrons. The van der Waals surface area contributed by atoms with Crippen LogP contribution < -0.4 is 10.1 Å². The predicted octanol–water partition coefficient (Wildman–Crippen LogP) is 4.67. The number of nitrogens with one attached hydrogen (secondary N) is 1. The van der Waals surface area contributed by atoms with Crippen LogP contribution in [-0.2, 0) is 6.54 Å². The molecule has 0 amide bonds. The quantitative estimate of drug-likeness (QED) is 0.804. The molecular formula is C16H17BrClNO2. The second kappa shape index (κ2) is 7.16. The van der Waals surface area contributed by atoms with E-state index < -0.39 is 0 Å². The molecule has 21 heavy (non-hydrogen) atoms. The summed E-state index contributed by atoms with van der Waals surface area (Å²) < 4.78 is 5.76. The zero-order chi connectivity index (χ0) is 15.4. The van der Waals surface area contributed by atoms with Crippen LogP contribution in [0.4, 0.5) is 0 Å². The molecule has 0 fully saturated rings. The van der Waals surface area contributed by atoms with Gasteiger partial charge in [-0.15, -0.1) is 0 Å². The second-order valence-electron chi connectivity index (χ2n) is 4.75. The first-order valence-corrected chi connectivity index (χ1v) is 7.73. The van der Waals surface area contributed by atoms with Gasteiger partial charge in [-0.05, 0) is 52.2 Å². The van der Waals surface area contributed by atoms with E-state index in [1.54, 1.807) is 0 Å². The Morgan fingerprint density at radius 3 is 2.71 bits per heavy atom. The maximum Gasteiger partial charge on any atom is 0.172 e. The van der Waals surface area contributed by atoms with E-state index in [0.29, 0.717) is 16.8 Å². The molecule has 0 bridgehead atoms. The Morgan fingerprint density at radius 1 is 1.33 bits per heavy atom. The summed E-state index contributed by atoms with van der Waals surface area (Å²) in [5.74, 6) is 0.562. The van der Waals surface area contributed by atoms with Gasteiger partial charge in [0.2, 0.25) is 0 Å². The van der Waals surface area contributed by atoms with Crippen LogP contribution in [0.3, 0.4) is 0 Å². The number of hydrogen-bond acceptors (Lipinski definition) is 3. The third-order valence-electron chi connectivity index (χ3n) is 3.29. The summed E-state index contributed by atoms with van der Waals surface area (Å²) in [6.07, 6.45) is 0. The van der Waals surface area contributed by atoms with Crippen LogP contribution >= 0.6 is 27.5 Å². The van der Waals surface area contributed by atoms with Crippen molar-refractivity contribution in [2.75, 3.05) is 7.11 Å². The van der Waals surface area contributed by atoms with Crippen LogP contribution in [-0.4, -0.2) is 12.2 Å². The molecule has 2 N–H and O–H groups in total. The van der Waals surface area contributed by atoms with E-state index in [1.165, 1.54) is 7.11 Å². The van der Waals surface area contributed by atoms with Gasteiger partial charge in [-0.25, -0.2) is 0 Å². The molecule has 0 aromatic heterocycles. The minimum atomic E-state index is 0.111. The van der Waals surface area contributed by atoms with Crippen molar-refractivity contribution in [3.8, 4) is 11.5 Å². The average Bonchev–Trinajstić information content (AvgIpc) is 2.48. The number of methoxy groups -OCH3 is 1. The highest BCUT2D eigenvalue weighted by atomic mass is 79.9. The lowest BCUT2D eigenvalue weighted by Crippen LogP contribution is -2.18. The lowest BCUT2D eigenvalue weighted by atomic mass is 10.1. The number of rotatable bonds is 5. The zero-order valence-electron chi connectivity index (χ0n) is 11.9. The molecule has 2 rings (SSSR count). The first kappa shape index (κ1) is 16.1. The van der Waals surface area contributed by atoms with Gasteiger partial charge in [0.25, 0.3) is 0 Å². The third kappa shape index (κ3) is 3.90. The van der Waals surface area contributed by atoms with Gasteiger partial charge in [0.05, 0.1) is 11.6 Å². The van der Waals surface area contributed by atoms with Crippen LogP contribution in [0.15, 0.2) is 40.9 Å². The summed E-state index contributed by atoms with van der Waals surface area (Å²) in [6, 6.07) is 11.6. The molecule has 2 aromatic rings. The van der Waals surface area contributed by atoms with Gasteiger partial charge in [-0.3, -0.25) is 0 Å². The SMILES string of the molecule is COc1cc(CN[C@H](C)c2ccccc2Cl)cc(Br)c1O. The van der Waals surface area contributed by atoms with E-state index in [4.69, 9.17) is 16.3 Å². The Labute approximate surface area is 138 Å². The number of ether oxygens (including phenoxy) is 1. The van der Waals surface area contributed by atoms with Gasteiger partial charge in [0, 0.05) is 17.6 Å². The van der Waals surface area contributed by atoms with E-state index in [0.717, 1.165) is 16.1 Å². The monoisotopic (exact) mass is 369 g/mol. The van der Waals surface area contributed by atoms with Gasteiger partial charge >= 0.3 is 0 Å². The molecule has 0 heterocycles. The van der Waals surface area contributed by atoms with E-state index in [2.05, 4.69) is 28.2 Å². The number of halogens is 2. The molecule has 0 saturated heterocycles. The van der Waals surface area contributed by atoms with Gasteiger partial charge < -0.3 is 15.2 Å². The lowest BCUT2D eigenvalue weighted by Gasteiger charge is -2.16. The molecule has 0 saturated carbocycles. The fourth-order valence-electron chi connectivity index (χ4n) is 2.09. The highest BCUT2D eigenvalue weighted by Crippen LogP contribution is 2.35. The normalized spacial score (nSPS) is 12.2. The average molecular weight is 371 g/mol. The van der Waals surface area contributed by atoms with Crippen LogP contribution in [0.25, 0.3) is 0 Å². The van der Waals surface area contributed by atoms with E-state index in [9.17, 15) is 5.11 Å². The number of phenols is 1. The Kier molecular flexibility index (Phi) is 5.51. The van der Waals surface area contributed by atoms with Crippen LogP contribution in [0.5, 0.6) is 11.5 Å². The first-order valence-electron chi connectivity index (χ1n) is 6.56. The number of benzene rings is 2. The smallest absolute Gasteiger partial charge is 0.172 e. The number of aromatic hydroxyl groups is 1. The van der Waals surface area contributed by atoms with Crippen molar-refractivity contribution in [3.05, 3.63) is 57.0 Å². The van der Waals surface area contributed by atoms with Crippen LogP contribution in [0.2, 0.25) is 5.02 Å². The highest BCUT2D eigenvalue weighted by Gasteiger charge is 2.11. The molecule has 0 aliphatic carbocycles. The fourth-order valence-corrected chi connectivity index (χ4v) is 2.88. The van der Waals surface area contributed by atoms with Crippen LogP contribution in [0, 0.1) is 0 Å². The summed E-state index contributed by atoms with van der Waals surface area (Å²) in [5.41, 5.74) is 2.07. The van der Waals surface area contributed by atoms with Gasteiger partial charge in [0.1, 0.15) is 0 Å². The third-order valence-corrected chi connectivity index (χ3v) is 4.24. The molecule has 0 unspecified atom stereocenters. The Balaban J connectivity index is 2.10. The summed E-state index contributed by atoms with van der Waals surface area (Å²) >= 11 is 9.52. The molecule has 0 aliphatic rings. The van der Waals surface area contributed by atoms with Crippen LogP contribution in [0.1, 0.15) is 24.1 Å². The zero-order valence-corrected chi connectivity index (χ0v) is 14.2. The summed E-state index contributed by atoms with van der Waals surface area (Å²) in [7, 11) is 1.53. The van der Waals surface area contributed by atoms with Crippen molar-refractivity contribution < 1.29 is 9.84 Å². The molecule has 2 aromatic carbocycles. The molecular weight excluding hydrogens is 354 g/mol. The van der Waals surface area contributed by atoms with Crippen molar-refractivity contribution in [2.45, 2.75) is 19.5 Å². The number of hydrogen-bond donors (Lipinski definition) is 2. The molecule has 0 spiro atoms. The Morgan fingerprint density at radius 2 is 2.05 bits per heavy atom. The van der Waals surface area contributed by atoms with Gasteiger partial charge in [0.15, 0.2) is 11.5 Å². The van der Waals surface area contributed by atoms with E-state index >= 15 is 0 Å². The Hall–Kier alpha value is -1.23. The van der Waals surface area contributed by atoms with Crippen molar-refractivity contribution in [2.24, 2.45) is 0 Å². The van der Waals surface area contributed by atoms with Gasteiger partial charge in [-0.2, -0.15) is 0 Å². The fraction of sp³-hybridized carbons (Fsp3) is 0.250. The lowest BCUT2D eigenvalue weighted by molar-refractivity contribution is 0.371. The summed E-state index contributed by atoms with van der Waals surface area (Å²) in [5, 5.41) is 14.0. The minimum Gasteiger partial charge on any atom is -0.503 e. The Bertz CT molecular complexity index is 634. The van der Waals surface area contributed by atoms with Crippen molar-refractivity contribution >= 4 is 27.5 Å². The van der Waals surface area contributed by atoms with E-state index in [-0.39, 0.29) is 11.8 Å². The molecule has 112 valence electrons. The first-order chi connectivity index (χ1) is 10.0. The second-order valence-corrected chi connectivity index (χ2v) is 6.01. The van der Waals surface area contributed by atoms with Crippen molar-refractivity contribution in [1.82, 2.24) is 5.32 Å². The minimum absolute atomic E-state index is 0.111. The van der Waals surface area contributed by atoms with E-state index in [1.807, 2.05) is 36.4 Å².